The van der Waals surface area contributed by atoms with Crippen LogP contribution in [0.15, 0.2) is 0 Å². The van der Waals surface area contributed by atoms with E-state index >= 15 is 0 Å². The molecule has 2 heterocycles. The van der Waals surface area contributed by atoms with Gasteiger partial charge in [-0.3, -0.25) is 4.79 Å². The van der Waals surface area contributed by atoms with Crippen LogP contribution in [0, 0.1) is 0 Å². The van der Waals surface area contributed by atoms with Crippen molar-refractivity contribution in [1.29, 1.82) is 0 Å². The average Bonchev–Trinajstić information content (AvgIpc) is 0.978. The lowest BCUT2D eigenvalue weighted by molar-refractivity contribution is -0.359. The summed E-state index contributed by atoms with van der Waals surface area (Å²) in [5, 5.41) is 87.8. The van der Waals surface area contributed by atoms with Gasteiger partial charge in [0.15, 0.2) is 12.6 Å². The van der Waals surface area contributed by atoms with Gasteiger partial charge in [-0.25, -0.2) is 0 Å². The lowest BCUT2D eigenvalue weighted by atomic mass is 9.97. The van der Waals surface area contributed by atoms with E-state index in [1.165, 1.54) is 315 Å². The van der Waals surface area contributed by atoms with Gasteiger partial charge in [0, 0.05) is 6.42 Å². The number of aliphatic hydroxyl groups excluding tert-OH is 8. The van der Waals surface area contributed by atoms with E-state index in [1.807, 2.05) is 0 Å². The van der Waals surface area contributed by atoms with Crippen molar-refractivity contribution >= 4 is 5.91 Å². The number of unbranched alkanes of at least 4 members (excludes halogenated alkanes) is 55. The maximum Gasteiger partial charge on any atom is 0.220 e. The topological polar surface area (TPSA) is 228 Å². The third-order valence-electron chi connectivity index (χ3n) is 20.1. The standard InChI is InChI=1S/C77H151NO13/c1-3-5-7-9-11-13-15-17-19-21-23-25-27-29-31-32-33-35-36-38-40-42-44-46-48-50-52-54-56-58-60-66(81)65(64-88-76-74(87)72(85)75(68(63-80)90-76)91-77-73(86)71(84)70(83)67(62-79)89-77)78-69(82)61-59-57-55-53-51-49-47-45-43-41-39-37-34-30-28-26-24-22-20-18-16-14-12-10-8-6-4-2/h65-68,70-77,79-81,83-87H,3-64H2,1-2H3,(H,78,82). The van der Waals surface area contributed by atoms with Crippen LogP contribution in [0.4, 0.5) is 0 Å². The zero-order chi connectivity index (χ0) is 65.9. The van der Waals surface area contributed by atoms with Gasteiger partial charge in [-0.15, -0.1) is 0 Å². The molecule has 0 bridgehead atoms. The van der Waals surface area contributed by atoms with Crippen molar-refractivity contribution in [2.24, 2.45) is 0 Å². The van der Waals surface area contributed by atoms with E-state index < -0.39 is 86.8 Å². The molecule has 2 fully saturated rings. The molecule has 14 heteroatoms. The molecule has 0 aromatic rings. The van der Waals surface area contributed by atoms with Crippen LogP contribution in [0.2, 0.25) is 0 Å². The number of rotatable bonds is 68. The van der Waals surface area contributed by atoms with Gasteiger partial charge < -0.3 is 65.1 Å². The molecule has 542 valence electrons. The molecule has 12 atom stereocenters. The fourth-order valence-electron chi connectivity index (χ4n) is 13.8. The lowest BCUT2D eigenvalue weighted by Gasteiger charge is -2.46. The Bertz CT molecular complexity index is 1530. The summed E-state index contributed by atoms with van der Waals surface area (Å²) in [5.41, 5.74) is 0. The van der Waals surface area contributed by atoms with Gasteiger partial charge in [-0.2, -0.15) is 0 Å². The summed E-state index contributed by atoms with van der Waals surface area (Å²) in [4.78, 5) is 13.4. The van der Waals surface area contributed by atoms with E-state index in [0.29, 0.717) is 12.8 Å². The Morgan fingerprint density at radius 3 is 0.934 bits per heavy atom. The summed E-state index contributed by atoms with van der Waals surface area (Å²) in [5.74, 6) is -0.195. The molecule has 2 aliphatic heterocycles. The zero-order valence-electron chi connectivity index (χ0n) is 59.4. The van der Waals surface area contributed by atoms with Gasteiger partial charge in [-0.05, 0) is 12.8 Å². The number of amides is 1. The van der Waals surface area contributed by atoms with E-state index in [-0.39, 0.29) is 12.5 Å². The molecule has 1 amide bonds. The average molecular weight is 1300 g/mol. The molecule has 12 unspecified atom stereocenters. The second-order valence-electron chi connectivity index (χ2n) is 28.6. The number of nitrogens with one attached hydrogen (secondary N) is 1. The minimum atomic E-state index is -1.78. The molecule has 2 saturated heterocycles. The van der Waals surface area contributed by atoms with Gasteiger partial charge in [0.05, 0.1) is 32.0 Å². The smallest absolute Gasteiger partial charge is 0.220 e. The Balaban J connectivity index is 1.61. The highest BCUT2D eigenvalue weighted by Crippen LogP contribution is 2.31. The summed E-state index contributed by atoms with van der Waals surface area (Å²) in [6.07, 6.45) is 60.0. The molecule has 0 radical (unpaired) electrons. The fraction of sp³-hybridized carbons (Fsp3) is 0.987. The van der Waals surface area contributed by atoms with Crippen molar-refractivity contribution in [2.45, 2.75) is 466 Å². The van der Waals surface area contributed by atoms with Crippen molar-refractivity contribution in [3.63, 3.8) is 0 Å². The molecule has 9 N–H and O–H groups in total. The van der Waals surface area contributed by atoms with E-state index in [9.17, 15) is 45.6 Å². The van der Waals surface area contributed by atoms with Crippen LogP contribution < -0.4 is 5.32 Å². The summed E-state index contributed by atoms with van der Waals surface area (Å²) < 4.78 is 23.0. The minimum Gasteiger partial charge on any atom is -0.394 e. The molecule has 2 rings (SSSR count). The first-order chi connectivity index (χ1) is 44.6. The minimum absolute atomic E-state index is 0.195. The first-order valence-electron chi connectivity index (χ1n) is 39.8. The van der Waals surface area contributed by atoms with Crippen molar-refractivity contribution in [3.05, 3.63) is 0 Å². The highest BCUT2D eigenvalue weighted by Gasteiger charge is 2.51. The molecule has 0 aliphatic carbocycles. The van der Waals surface area contributed by atoms with Crippen molar-refractivity contribution in [1.82, 2.24) is 5.32 Å². The molecule has 2 aliphatic rings. The first kappa shape index (κ1) is 86.1. The third kappa shape index (κ3) is 46.0. The summed E-state index contributed by atoms with van der Waals surface area (Å²) in [6, 6.07) is -0.825. The molecular formula is C77H151NO13. The maximum atomic E-state index is 13.4. The lowest BCUT2D eigenvalue weighted by Crippen LogP contribution is -2.65. The SMILES string of the molecule is CCCCCCCCCCCCCCCCCCCCCCCCCCCCCCCCC(O)C(COC1OC(CO)C(OC2OC(CO)C(O)C(O)C2O)C(O)C1O)NC(=O)CCCCCCCCCCCCCCCCCCCCCCCCCCCCC. The maximum absolute atomic E-state index is 13.4. The normalized spacial score (nSPS) is 22.7. The molecule has 0 aromatic carbocycles. The van der Waals surface area contributed by atoms with E-state index in [1.54, 1.807) is 0 Å². The van der Waals surface area contributed by atoms with Gasteiger partial charge in [-0.1, -0.05) is 373 Å². The number of carbonyl (C=O) groups is 1. The highest BCUT2D eigenvalue weighted by atomic mass is 16.7. The number of hydrogen-bond donors (Lipinski definition) is 9. The van der Waals surface area contributed by atoms with Crippen LogP contribution in [-0.4, -0.2) is 140 Å². The number of hydrogen-bond acceptors (Lipinski definition) is 13. The summed E-state index contributed by atoms with van der Waals surface area (Å²) in [7, 11) is 0. The Labute approximate surface area is 559 Å². The van der Waals surface area contributed by atoms with Crippen LogP contribution in [0.5, 0.6) is 0 Å². The Morgan fingerprint density at radius 1 is 0.352 bits per heavy atom. The monoisotopic (exact) mass is 1300 g/mol. The van der Waals surface area contributed by atoms with Gasteiger partial charge >= 0.3 is 0 Å². The summed E-state index contributed by atoms with van der Waals surface area (Å²) >= 11 is 0. The van der Waals surface area contributed by atoms with Crippen LogP contribution >= 0.6 is 0 Å². The molecule has 91 heavy (non-hydrogen) atoms. The quantitative estimate of drug-likeness (QED) is 0.0259. The first-order valence-corrected chi connectivity index (χ1v) is 39.8. The Morgan fingerprint density at radius 2 is 0.626 bits per heavy atom. The second-order valence-corrected chi connectivity index (χ2v) is 28.6. The van der Waals surface area contributed by atoms with Crippen molar-refractivity contribution in [3.8, 4) is 0 Å². The zero-order valence-corrected chi connectivity index (χ0v) is 59.4. The molecule has 14 nitrogen and oxygen atoms in total. The predicted molar refractivity (Wildman–Crippen MR) is 374 cm³/mol. The number of ether oxygens (including phenoxy) is 4. The van der Waals surface area contributed by atoms with Gasteiger partial charge in [0.1, 0.15) is 48.8 Å². The number of aliphatic hydroxyl groups is 8. The predicted octanol–water partition coefficient (Wildman–Crippen LogP) is 17.5. The molecule has 0 spiro atoms. The van der Waals surface area contributed by atoms with Gasteiger partial charge in [0.25, 0.3) is 0 Å². The van der Waals surface area contributed by atoms with Gasteiger partial charge in [0.2, 0.25) is 5.91 Å². The molecule has 0 aromatic heterocycles. The van der Waals surface area contributed by atoms with E-state index in [4.69, 9.17) is 18.9 Å². The van der Waals surface area contributed by atoms with E-state index in [2.05, 4.69) is 19.2 Å². The van der Waals surface area contributed by atoms with Crippen molar-refractivity contribution < 1.29 is 64.6 Å². The van der Waals surface area contributed by atoms with Crippen molar-refractivity contribution in [2.75, 3.05) is 19.8 Å². The van der Waals surface area contributed by atoms with Crippen LogP contribution in [0.25, 0.3) is 0 Å². The Hall–Kier alpha value is -1.01. The fourth-order valence-corrected chi connectivity index (χ4v) is 13.8. The Kier molecular flexibility index (Phi) is 59.1. The third-order valence-corrected chi connectivity index (χ3v) is 20.1. The molecular weight excluding hydrogens is 1150 g/mol. The van der Waals surface area contributed by atoms with Crippen LogP contribution in [-0.2, 0) is 23.7 Å². The highest BCUT2D eigenvalue weighted by molar-refractivity contribution is 5.76. The van der Waals surface area contributed by atoms with E-state index in [0.717, 1.165) is 51.4 Å². The molecule has 0 saturated carbocycles. The number of carbonyl (C=O) groups excluding carboxylic acids is 1. The largest absolute Gasteiger partial charge is 0.394 e. The van der Waals surface area contributed by atoms with Crippen LogP contribution in [0.3, 0.4) is 0 Å². The summed E-state index contributed by atoms with van der Waals surface area (Å²) in [6.45, 7) is 2.95. The van der Waals surface area contributed by atoms with Crippen LogP contribution in [0.1, 0.15) is 393 Å². The second kappa shape index (κ2) is 62.5.